The van der Waals surface area contributed by atoms with E-state index in [1.54, 1.807) is 0 Å². The highest BCUT2D eigenvalue weighted by Gasteiger charge is 2.38. The molecule has 106 valence electrons. The third-order valence-electron chi connectivity index (χ3n) is 3.27. The molecule has 1 aliphatic rings. The summed E-state index contributed by atoms with van der Waals surface area (Å²) in [7, 11) is 0. The quantitative estimate of drug-likeness (QED) is 0.697. The van der Waals surface area contributed by atoms with Gasteiger partial charge in [0.15, 0.2) is 0 Å². The molecule has 0 saturated carbocycles. The fourth-order valence-electron chi connectivity index (χ4n) is 2.30. The fourth-order valence-corrected chi connectivity index (χ4v) is 3.36. The second-order valence-corrected chi connectivity index (χ2v) is 6.30. The number of nitrogens with zero attached hydrogens (tertiary/aromatic N) is 1. The third-order valence-corrected chi connectivity index (χ3v) is 4.65. The summed E-state index contributed by atoms with van der Waals surface area (Å²) in [5, 5.41) is 0. The minimum absolute atomic E-state index is 0.0962. The summed E-state index contributed by atoms with van der Waals surface area (Å²) in [4.78, 5) is 25.5. The van der Waals surface area contributed by atoms with Gasteiger partial charge in [0, 0.05) is 8.95 Å². The van der Waals surface area contributed by atoms with Crippen molar-refractivity contribution in [2.75, 3.05) is 4.90 Å². The summed E-state index contributed by atoms with van der Waals surface area (Å²) in [6, 6.07) is 9.78. The summed E-state index contributed by atoms with van der Waals surface area (Å²) < 4.78 is 14.7. The first kappa shape index (κ1) is 14.4. The predicted octanol–water partition coefficient (Wildman–Crippen LogP) is 4.08. The molecule has 0 fully saturated rings. The number of ketones is 1. The van der Waals surface area contributed by atoms with Crippen molar-refractivity contribution in [1.82, 2.24) is 0 Å². The van der Waals surface area contributed by atoms with Crippen molar-refractivity contribution in [3.8, 4) is 0 Å². The van der Waals surface area contributed by atoms with Crippen molar-refractivity contribution in [2.24, 2.45) is 0 Å². The van der Waals surface area contributed by atoms with Gasteiger partial charge in [0.2, 0.25) is 0 Å². The first-order valence-corrected chi connectivity index (χ1v) is 7.66. The number of Topliss-reactive ketones (excluding diaryl/α,β-unsaturated/α-hetero) is 1. The highest BCUT2D eigenvalue weighted by molar-refractivity contribution is 9.11. The molecule has 0 spiro atoms. The summed E-state index contributed by atoms with van der Waals surface area (Å²) in [6.45, 7) is 0.239. The molecule has 0 N–H and O–H groups in total. The average Bonchev–Trinajstić information content (AvgIpc) is 2.67. The van der Waals surface area contributed by atoms with Crippen molar-refractivity contribution in [3.05, 3.63) is 62.3 Å². The van der Waals surface area contributed by atoms with Gasteiger partial charge >= 0.3 is 0 Å². The Morgan fingerprint density at radius 2 is 1.76 bits per heavy atom. The van der Waals surface area contributed by atoms with E-state index in [1.807, 2.05) is 24.3 Å². The van der Waals surface area contributed by atoms with Crippen molar-refractivity contribution >= 4 is 49.2 Å². The van der Waals surface area contributed by atoms with Crippen LogP contribution in [0.1, 0.15) is 15.9 Å². The van der Waals surface area contributed by atoms with E-state index in [-0.39, 0.29) is 12.1 Å². The minimum atomic E-state index is -0.683. The second-order valence-electron chi connectivity index (χ2n) is 4.60. The lowest BCUT2D eigenvalue weighted by atomic mass is 10.1. The lowest BCUT2D eigenvalue weighted by molar-refractivity contribution is -0.114. The van der Waals surface area contributed by atoms with Gasteiger partial charge in [0.05, 0.1) is 17.8 Å². The van der Waals surface area contributed by atoms with E-state index < -0.39 is 17.5 Å². The maximum absolute atomic E-state index is 13.4. The number of fused-ring (bicyclic) bond motifs is 1. The van der Waals surface area contributed by atoms with Crippen LogP contribution in [0.15, 0.2) is 45.3 Å². The molecule has 0 aromatic heterocycles. The molecule has 0 bridgehead atoms. The Morgan fingerprint density at radius 3 is 2.48 bits per heavy atom. The highest BCUT2D eigenvalue weighted by Crippen LogP contribution is 2.38. The lowest BCUT2D eigenvalue weighted by Crippen LogP contribution is -2.29. The van der Waals surface area contributed by atoms with Crippen LogP contribution < -0.4 is 4.90 Å². The Kier molecular flexibility index (Phi) is 3.67. The monoisotopic (exact) mass is 411 g/mol. The Morgan fingerprint density at radius 1 is 1.05 bits per heavy atom. The van der Waals surface area contributed by atoms with E-state index in [4.69, 9.17) is 0 Å². The van der Waals surface area contributed by atoms with Crippen molar-refractivity contribution < 1.29 is 14.0 Å². The van der Waals surface area contributed by atoms with Crippen LogP contribution in [0.5, 0.6) is 0 Å². The summed E-state index contributed by atoms with van der Waals surface area (Å²) in [5.41, 5.74) is 1.38. The zero-order valence-electron chi connectivity index (χ0n) is 10.6. The first-order chi connectivity index (χ1) is 9.99. The molecule has 21 heavy (non-hydrogen) atoms. The Balaban J connectivity index is 2.08. The smallest absolute Gasteiger partial charge is 0.299 e. The number of hydrogen-bond acceptors (Lipinski definition) is 2. The summed E-state index contributed by atoms with van der Waals surface area (Å²) in [5.74, 6) is -1.88. The molecular weight excluding hydrogens is 405 g/mol. The molecule has 2 aromatic carbocycles. The number of amides is 1. The van der Waals surface area contributed by atoms with Gasteiger partial charge in [-0.15, -0.1) is 0 Å². The minimum Gasteiger partial charge on any atom is -0.299 e. The van der Waals surface area contributed by atoms with Crippen LogP contribution in [0.2, 0.25) is 0 Å². The number of benzene rings is 2. The molecule has 0 unspecified atom stereocenters. The van der Waals surface area contributed by atoms with Gasteiger partial charge in [0.1, 0.15) is 5.82 Å². The summed E-state index contributed by atoms with van der Waals surface area (Å²) in [6.07, 6.45) is 0. The summed E-state index contributed by atoms with van der Waals surface area (Å²) >= 11 is 6.64. The maximum Gasteiger partial charge on any atom is 0.299 e. The van der Waals surface area contributed by atoms with E-state index in [0.717, 1.165) is 16.1 Å². The van der Waals surface area contributed by atoms with Gasteiger partial charge < -0.3 is 0 Å². The topological polar surface area (TPSA) is 37.4 Å². The molecular formula is C15H8Br2FNO2. The van der Waals surface area contributed by atoms with Gasteiger partial charge in [-0.2, -0.15) is 0 Å². The molecule has 1 amide bonds. The van der Waals surface area contributed by atoms with Crippen LogP contribution in [0.3, 0.4) is 0 Å². The van der Waals surface area contributed by atoms with Gasteiger partial charge in [0.25, 0.3) is 11.7 Å². The Labute approximate surface area is 137 Å². The second kappa shape index (κ2) is 5.35. The van der Waals surface area contributed by atoms with Crippen LogP contribution in [0, 0.1) is 5.82 Å². The van der Waals surface area contributed by atoms with Crippen LogP contribution in [-0.2, 0) is 11.3 Å². The largest absolute Gasteiger partial charge is 0.299 e. The SMILES string of the molecule is O=C1C(=O)N(Cc2ccccc2Br)c2c(Br)cc(F)cc21. The highest BCUT2D eigenvalue weighted by atomic mass is 79.9. The van der Waals surface area contributed by atoms with E-state index in [9.17, 15) is 14.0 Å². The maximum atomic E-state index is 13.4. The molecule has 6 heteroatoms. The van der Waals surface area contributed by atoms with Crippen LogP contribution >= 0.6 is 31.9 Å². The van der Waals surface area contributed by atoms with Crippen molar-refractivity contribution in [3.63, 3.8) is 0 Å². The predicted molar refractivity (Wildman–Crippen MR) is 83.8 cm³/mol. The van der Waals surface area contributed by atoms with Gasteiger partial charge in [-0.1, -0.05) is 34.1 Å². The number of hydrogen-bond donors (Lipinski definition) is 0. The molecule has 1 heterocycles. The average molecular weight is 413 g/mol. The van der Waals surface area contributed by atoms with Crippen molar-refractivity contribution in [1.29, 1.82) is 0 Å². The van der Waals surface area contributed by atoms with E-state index >= 15 is 0 Å². The normalized spacial score (nSPS) is 13.8. The zero-order valence-corrected chi connectivity index (χ0v) is 13.7. The van der Waals surface area contributed by atoms with Crippen LogP contribution in [0.4, 0.5) is 10.1 Å². The number of rotatable bonds is 2. The van der Waals surface area contributed by atoms with Gasteiger partial charge in [-0.3, -0.25) is 14.5 Å². The van der Waals surface area contributed by atoms with Crippen LogP contribution in [-0.4, -0.2) is 11.7 Å². The molecule has 1 aliphatic heterocycles. The Bertz CT molecular complexity index is 776. The third kappa shape index (κ3) is 2.42. The number of halogens is 3. The Hall–Kier alpha value is -1.53. The molecule has 0 aliphatic carbocycles. The number of anilines is 1. The molecule has 0 saturated heterocycles. The van der Waals surface area contributed by atoms with E-state index in [1.165, 1.54) is 11.0 Å². The van der Waals surface area contributed by atoms with Crippen molar-refractivity contribution in [2.45, 2.75) is 6.54 Å². The molecule has 0 atom stereocenters. The van der Waals surface area contributed by atoms with Crippen LogP contribution in [0.25, 0.3) is 0 Å². The van der Waals surface area contributed by atoms with Gasteiger partial charge in [-0.25, -0.2) is 4.39 Å². The van der Waals surface area contributed by atoms with E-state index in [2.05, 4.69) is 31.9 Å². The van der Waals surface area contributed by atoms with E-state index in [0.29, 0.717) is 10.2 Å². The lowest BCUT2D eigenvalue weighted by Gasteiger charge is -2.18. The molecule has 2 aromatic rings. The zero-order chi connectivity index (χ0) is 15.1. The standard InChI is InChI=1S/C15H8Br2FNO2/c16-11-4-2-1-3-8(11)7-19-13-10(14(20)15(19)21)5-9(18)6-12(13)17/h1-6H,7H2. The molecule has 0 radical (unpaired) electrons. The fraction of sp³-hybridized carbons (Fsp3) is 0.0667. The molecule has 3 nitrogen and oxygen atoms in total. The number of carbonyl (C=O) groups excluding carboxylic acids is 2. The molecule has 3 rings (SSSR count). The van der Waals surface area contributed by atoms with Gasteiger partial charge in [-0.05, 0) is 39.7 Å². The first-order valence-electron chi connectivity index (χ1n) is 6.07. The number of carbonyl (C=O) groups is 2.